The van der Waals surface area contributed by atoms with E-state index in [0.717, 1.165) is 11.3 Å². The highest BCUT2D eigenvalue weighted by Crippen LogP contribution is 2.33. The van der Waals surface area contributed by atoms with Crippen molar-refractivity contribution in [3.8, 4) is 0 Å². The number of nitrogen functional groups attached to an aromatic ring is 1. The summed E-state index contributed by atoms with van der Waals surface area (Å²) in [7, 11) is 3.31. The minimum absolute atomic E-state index is 0.162. The summed E-state index contributed by atoms with van der Waals surface area (Å²) >= 11 is 1.15. The SMILES string of the molecule is CCOC(=O)c1c(NN)sc(C(=O)N(C)C)c1C. The van der Waals surface area contributed by atoms with Crippen molar-refractivity contribution in [1.29, 1.82) is 0 Å². The predicted molar refractivity (Wildman–Crippen MR) is 70.8 cm³/mol. The number of nitrogens with one attached hydrogen (secondary N) is 1. The number of nitrogens with zero attached hydrogens (tertiary/aromatic N) is 1. The van der Waals surface area contributed by atoms with E-state index in [1.807, 2.05) is 0 Å². The highest BCUT2D eigenvalue weighted by atomic mass is 32.1. The zero-order valence-corrected chi connectivity index (χ0v) is 11.7. The molecule has 0 radical (unpaired) electrons. The monoisotopic (exact) mass is 271 g/mol. The van der Waals surface area contributed by atoms with Gasteiger partial charge in [-0.3, -0.25) is 4.79 Å². The number of carbonyl (C=O) groups excluding carboxylic acids is 2. The molecule has 0 aliphatic carbocycles. The molecule has 0 fully saturated rings. The Morgan fingerprint density at radius 1 is 1.44 bits per heavy atom. The van der Waals surface area contributed by atoms with Crippen LogP contribution in [0.15, 0.2) is 0 Å². The minimum atomic E-state index is -0.475. The second kappa shape index (κ2) is 5.83. The fourth-order valence-corrected chi connectivity index (χ4v) is 2.60. The van der Waals surface area contributed by atoms with Crippen LogP contribution in [-0.4, -0.2) is 37.5 Å². The molecule has 0 bridgehead atoms. The topological polar surface area (TPSA) is 84.7 Å². The van der Waals surface area contributed by atoms with E-state index >= 15 is 0 Å². The van der Waals surface area contributed by atoms with Gasteiger partial charge in [-0.25, -0.2) is 10.6 Å². The standard InChI is InChI=1S/C11H17N3O3S/c1-5-17-11(16)7-6(2)8(10(15)14(3)4)18-9(7)13-12/h13H,5,12H2,1-4H3. The number of amides is 1. The van der Waals surface area contributed by atoms with E-state index in [-0.39, 0.29) is 12.5 Å². The van der Waals surface area contributed by atoms with Crippen LogP contribution in [0.2, 0.25) is 0 Å². The van der Waals surface area contributed by atoms with E-state index in [2.05, 4.69) is 5.43 Å². The Hall–Kier alpha value is -1.60. The first kappa shape index (κ1) is 14.5. The molecule has 0 saturated heterocycles. The third-order valence-corrected chi connectivity index (χ3v) is 3.57. The van der Waals surface area contributed by atoms with Crippen molar-refractivity contribution in [2.24, 2.45) is 5.84 Å². The van der Waals surface area contributed by atoms with Gasteiger partial charge >= 0.3 is 5.97 Å². The van der Waals surface area contributed by atoms with Gasteiger partial charge in [0.1, 0.15) is 5.00 Å². The number of carbonyl (C=O) groups is 2. The van der Waals surface area contributed by atoms with Crippen LogP contribution in [0.3, 0.4) is 0 Å². The summed E-state index contributed by atoms with van der Waals surface area (Å²) in [5, 5.41) is 0.441. The Labute approximate surface area is 110 Å². The van der Waals surface area contributed by atoms with Crippen molar-refractivity contribution in [2.45, 2.75) is 13.8 Å². The largest absolute Gasteiger partial charge is 0.462 e. The first-order valence-electron chi connectivity index (χ1n) is 5.42. The maximum Gasteiger partial charge on any atom is 0.341 e. The van der Waals surface area contributed by atoms with Crippen LogP contribution in [0.25, 0.3) is 0 Å². The van der Waals surface area contributed by atoms with Crippen LogP contribution in [0, 0.1) is 6.92 Å². The molecule has 1 heterocycles. The molecule has 1 amide bonds. The maximum absolute atomic E-state index is 11.9. The number of hydrogen-bond acceptors (Lipinski definition) is 6. The van der Waals surface area contributed by atoms with Crippen molar-refractivity contribution in [1.82, 2.24) is 4.90 Å². The summed E-state index contributed by atoms with van der Waals surface area (Å²) in [5.74, 6) is 4.73. The Balaban J connectivity index is 3.26. The summed E-state index contributed by atoms with van der Waals surface area (Å²) in [5.41, 5.74) is 3.35. The lowest BCUT2D eigenvalue weighted by Crippen LogP contribution is -2.21. The van der Waals surface area contributed by atoms with Gasteiger partial charge in [-0.05, 0) is 19.4 Å². The molecule has 1 rings (SSSR count). The first-order valence-corrected chi connectivity index (χ1v) is 6.24. The van der Waals surface area contributed by atoms with E-state index in [1.165, 1.54) is 4.90 Å². The fourth-order valence-electron chi connectivity index (χ4n) is 1.47. The number of esters is 1. The normalized spacial score (nSPS) is 10.1. The number of thiophene rings is 1. The highest BCUT2D eigenvalue weighted by molar-refractivity contribution is 7.18. The van der Waals surface area contributed by atoms with Gasteiger partial charge in [-0.2, -0.15) is 0 Å². The molecule has 0 unspecified atom stereocenters. The number of hydrogen-bond donors (Lipinski definition) is 2. The van der Waals surface area contributed by atoms with Crippen molar-refractivity contribution < 1.29 is 14.3 Å². The van der Waals surface area contributed by atoms with Crippen LogP contribution >= 0.6 is 11.3 Å². The lowest BCUT2D eigenvalue weighted by atomic mass is 10.1. The van der Waals surface area contributed by atoms with E-state index in [1.54, 1.807) is 27.9 Å². The average Bonchev–Trinajstić information content (AvgIpc) is 2.65. The summed E-state index contributed by atoms with van der Waals surface area (Å²) in [6.07, 6.45) is 0. The van der Waals surface area contributed by atoms with Gasteiger partial charge in [0.25, 0.3) is 5.91 Å². The van der Waals surface area contributed by atoms with Crippen molar-refractivity contribution in [2.75, 3.05) is 26.1 Å². The van der Waals surface area contributed by atoms with E-state index < -0.39 is 5.97 Å². The Kier molecular flexibility index (Phi) is 4.69. The molecule has 0 aliphatic rings. The van der Waals surface area contributed by atoms with E-state index in [9.17, 15) is 9.59 Å². The lowest BCUT2D eigenvalue weighted by Gasteiger charge is -2.09. The number of anilines is 1. The summed E-state index contributed by atoms with van der Waals surface area (Å²) in [6, 6.07) is 0. The summed E-state index contributed by atoms with van der Waals surface area (Å²) in [6.45, 7) is 3.70. The van der Waals surface area contributed by atoms with Gasteiger partial charge < -0.3 is 15.1 Å². The zero-order valence-electron chi connectivity index (χ0n) is 10.9. The Morgan fingerprint density at radius 3 is 2.50 bits per heavy atom. The second-order valence-corrected chi connectivity index (χ2v) is 4.85. The van der Waals surface area contributed by atoms with Crippen molar-refractivity contribution in [3.05, 3.63) is 16.0 Å². The molecule has 18 heavy (non-hydrogen) atoms. The molecule has 7 heteroatoms. The number of rotatable bonds is 4. The maximum atomic E-state index is 11.9. The molecule has 100 valence electrons. The van der Waals surface area contributed by atoms with Gasteiger partial charge in [0, 0.05) is 14.1 Å². The molecular formula is C11H17N3O3S. The molecule has 1 aromatic heterocycles. The number of hydrazine groups is 1. The van der Waals surface area contributed by atoms with E-state index in [0.29, 0.717) is 21.0 Å². The number of ether oxygens (including phenoxy) is 1. The van der Waals surface area contributed by atoms with Gasteiger partial charge in [0.2, 0.25) is 0 Å². The van der Waals surface area contributed by atoms with Gasteiger partial charge in [0.05, 0.1) is 17.0 Å². The molecule has 0 aliphatic heterocycles. The van der Waals surface area contributed by atoms with Crippen LogP contribution in [0.1, 0.15) is 32.5 Å². The third-order valence-electron chi connectivity index (χ3n) is 2.36. The molecule has 0 saturated carbocycles. The molecular weight excluding hydrogens is 254 g/mol. The van der Waals surface area contributed by atoms with Crippen molar-refractivity contribution in [3.63, 3.8) is 0 Å². The van der Waals surface area contributed by atoms with E-state index in [4.69, 9.17) is 10.6 Å². The first-order chi connectivity index (χ1) is 8.43. The van der Waals surface area contributed by atoms with Crippen LogP contribution < -0.4 is 11.3 Å². The quantitative estimate of drug-likeness (QED) is 0.488. The minimum Gasteiger partial charge on any atom is -0.462 e. The Morgan fingerprint density at radius 2 is 2.06 bits per heavy atom. The predicted octanol–water partition coefficient (Wildman–Crippen LogP) is 1.22. The highest BCUT2D eigenvalue weighted by Gasteiger charge is 2.25. The van der Waals surface area contributed by atoms with Gasteiger partial charge in [-0.15, -0.1) is 11.3 Å². The molecule has 0 aromatic carbocycles. The van der Waals surface area contributed by atoms with Gasteiger partial charge in [-0.1, -0.05) is 0 Å². The summed E-state index contributed by atoms with van der Waals surface area (Å²) < 4.78 is 4.95. The third kappa shape index (κ3) is 2.62. The molecule has 3 N–H and O–H groups in total. The molecule has 1 aromatic rings. The van der Waals surface area contributed by atoms with Crippen molar-refractivity contribution >= 4 is 28.2 Å². The van der Waals surface area contributed by atoms with Gasteiger partial charge in [0.15, 0.2) is 0 Å². The van der Waals surface area contributed by atoms with Crippen LogP contribution in [0.5, 0.6) is 0 Å². The Bertz CT molecular complexity index is 468. The van der Waals surface area contributed by atoms with Crippen LogP contribution in [0.4, 0.5) is 5.00 Å². The molecule has 0 spiro atoms. The molecule has 6 nitrogen and oxygen atoms in total. The number of nitrogens with two attached hydrogens (primary N) is 1. The zero-order chi connectivity index (χ0) is 13.9. The lowest BCUT2D eigenvalue weighted by molar-refractivity contribution is 0.0527. The smallest absolute Gasteiger partial charge is 0.341 e. The molecule has 0 atom stereocenters. The fraction of sp³-hybridized carbons (Fsp3) is 0.455. The average molecular weight is 271 g/mol. The second-order valence-electron chi connectivity index (χ2n) is 3.82. The van der Waals surface area contributed by atoms with Crippen LogP contribution in [-0.2, 0) is 4.74 Å². The summed E-state index contributed by atoms with van der Waals surface area (Å²) in [4.78, 5) is 25.7.